The van der Waals surface area contributed by atoms with Gasteiger partial charge in [-0.05, 0) is 0 Å². The summed E-state index contributed by atoms with van der Waals surface area (Å²) in [7, 11) is 1.63. The molecule has 0 saturated heterocycles. The molecule has 0 fully saturated rings. The van der Waals surface area contributed by atoms with Crippen LogP contribution in [-0.2, 0) is 24.7 Å². The largest absolute Gasteiger partial charge is 0.356 e. The van der Waals surface area contributed by atoms with Crippen molar-refractivity contribution in [1.29, 1.82) is 0 Å². The van der Waals surface area contributed by atoms with Crippen LogP contribution in [0.25, 0.3) is 11.4 Å². The minimum Gasteiger partial charge on any atom is -0.356 e. The molecule has 0 spiro atoms. The van der Waals surface area contributed by atoms with E-state index in [1.54, 1.807) is 7.05 Å². The second kappa shape index (κ2) is 7.56. The molecule has 0 bridgehead atoms. The Bertz CT molecular complexity index is 896. The Morgan fingerprint density at radius 1 is 1.28 bits per heavy atom. The average molecular weight is 342 g/mol. The zero-order valence-electron chi connectivity index (χ0n) is 13.7. The van der Waals surface area contributed by atoms with Gasteiger partial charge in [0.25, 0.3) is 0 Å². The molecule has 0 aliphatic rings. The van der Waals surface area contributed by atoms with Crippen LogP contribution in [0, 0.1) is 0 Å². The third-order valence-electron chi connectivity index (χ3n) is 3.71. The predicted molar refractivity (Wildman–Crippen MR) is 88.6 cm³/mol. The number of aryl methyl sites for hydroxylation is 1. The van der Waals surface area contributed by atoms with Gasteiger partial charge in [-0.2, -0.15) is 10.1 Å². The van der Waals surface area contributed by atoms with E-state index in [9.17, 15) is 9.59 Å². The van der Waals surface area contributed by atoms with Gasteiger partial charge in [0.1, 0.15) is 5.82 Å². The summed E-state index contributed by atoms with van der Waals surface area (Å²) in [4.78, 5) is 27.4. The van der Waals surface area contributed by atoms with Gasteiger partial charge in [-0.25, -0.2) is 9.89 Å². The Balaban J connectivity index is 1.44. The minimum atomic E-state index is -0.271. The van der Waals surface area contributed by atoms with E-state index < -0.39 is 0 Å². The van der Waals surface area contributed by atoms with Gasteiger partial charge >= 0.3 is 5.69 Å². The van der Waals surface area contributed by atoms with E-state index in [0.29, 0.717) is 36.9 Å². The molecule has 2 aromatic heterocycles. The summed E-state index contributed by atoms with van der Waals surface area (Å²) in [6.07, 6.45) is 1.09. The Labute approximate surface area is 143 Å². The number of aromatic amines is 1. The first kappa shape index (κ1) is 16.6. The Morgan fingerprint density at radius 2 is 2.08 bits per heavy atom. The highest BCUT2D eigenvalue weighted by atomic mass is 16.5. The highest BCUT2D eigenvalue weighted by molar-refractivity contribution is 5.76. The molecule has 2 heterocycles. The normalized spacial score (nSPS) is 10.8. The zero-order chi connectivity index (χ0) is 17.6. The molecule has 1 amide bonds. The Hall–Kier alpha value is -3.23. The van der Waals surface area contributed by atoms with Crippen LogP contribution in [0.3, 0.4) is 0 Å². The van der Waals surface area contributed by atoms with Gasteiger partial charge in [0.2, 0.25) is 17.6 Å². The van der Waals surface area contributed by atoms with Crippen LogP contribution in [0.5, 0.6) is 0 Å². The fourth-order valence-electron chi connectivity index (χ4n) is 2.29. The highest BCUT2D eigenvalue weighted by Crippen LogP contribution is 2.15. The van der Waals surface area contributed by atoms with E-state index in [2.05, 4.69) is 25.7 Å². The van der Waals surface area contributed by atoms with Gasteiger partial charge in [0.15, 0.2) is 0 Å². The summed E-state index contributed by atoms with van der Waals surface area (Å²) < 4.78 is 6.58. The molecular formula is C16H18N6O3. The van der Waals surface area contributed by atoms with Crippen LogP contribution in [0.2, 0.25) is 0 Å². The van der Waals surface area contributed by atoms with Crippen molar-refractivity contribution in [1.82, 2.24) is 30.2 Å². The SMILES string of the molecule is Cn1c(CCNC(=O)CCc2nc(-c3ccccc3)no2)n[nH]c1=O. The first-order valence-electron chi connectivity index (χ1n) is 7.88. The maximum Gasteiger partial charge on any atom is 0.343 e. The van der Waals surface area contributed by atoms with Crippen LogP contribution in [0.1, 0.15) is 18.1 Å². The first-order valence-corrected chi connectivity index (χ1v) is 7.88. The van der Waals surface area contributed by atoms with Crippen LogP contribution >= 0.6 is 0 Å². The van der Waals surface area contributed by atoms with Crippen LogP contribution in [0.15, 0.2) is 39.6 Å². The Kier molecular flexibility index (Phi) is 5.03. The number of amides is 1. The number of benzene rings is 1. The lowest BCUT2D eigenvalue weighted by atomic mass is 10.2. The number of hydrogen-bond acceptors (Lipinski definition) is 6. The van der Waals surface area contributed by atoms with Gasteiger partial charge in [0.05, 0.1) is 0 Å². The molecule has 9 nitrogen and oxygen atoms in total. The summed E-state index contributed by atoms with van der Waals surface area (Å²) in [6, 6.07) is 9.49. The third-order valence-corrected chi connectivity index (χ3v) is 3.71. The van der Waals surface area contributed by atoms with Crippen LogP contribution < -0.4 is 11.0 Å². The number of aromatic nitrogens is 5. The van der Waals surface area contributed by atoms with Crippen molar-refractivity contribution in [3.05, 3.63) is 52.5 Å². The summed E-state index contributed by atoms with van der Waals surface area (Å²) in [6.45, 7) is 0.399. The highest BCUT2D eigenvalue weighted by Gasteiger charge is 2.11. The lowest BCUT2D eigenvalue weighted by Crippen LogP contribution is -2.27. The second-order valence-corrected chi connectivity index (χ2v) is 5.48. The molecule has 0 atom stereocenters. The van der Waals surface area contributed by atoms with Crippen LogP contribution in [-0.4, -0.2) is 37.4 Å². The fourth-order valence-corrected chi connectivity index (χ4v) is 2.29. The third kappa shape index (κ3) is 4.19. The van der Waals surface area contributed by atoms with Gasteiger partial charge in [-0.3, -0.25) is 9.36 Å². The molecular weight excluding hydrogens is 324 g/mol. The van der Waals surface area contributed by atoms with Crippen molar-refractivity contribution in [3.63, 3.8) is 0 Å². The quantitative estimate of drug-likeness (QED) is 0.643. The molecule has 1 aromatic carbocycles. The van der Waals surface area contributed by atoms with E-state index in [1.165, 1.54) is 4.57 Å². The van der Waals surface area contributed by atoms with Crippen molar-refractivity contribution in [2.45, 2.75) is 19.3 Å². The minimum absolute atomic E-state index is 0.125. The maximum atomic E-state index is 11.9. The topological polar surface area (TPSA) is 119 Å². The van der Waals surface area contributed by atoms with Crippen molar-refractivity contribution in [2.24, 2.45) is 7.05 Å². The lowest BCUT2D eigenvalue weighted by molar-refractivity contribution is -0.121. The van der Waals surface area contributed by atoms with Gasteiger partial charge in [-0.1, -0.05) is 35.5 Å². The van der Waals surface area contributed by atoms with Crippen molar-refractivity contribution < 1.29 is 9.32 Å². The monoisotopic (exact) mass is 342 g/mol. The predicted octanol–water partition coefficient (Wildman–Crippen LogP) is 0.450. The molecule has 3 rings (SSSR count). The maximum absolute atomic E-state index is 11.9. The fraction of sp³-hybridized carbons (Fsp3) is 0.312. The molecule has 25 heavy (non-hydrogen) atoms. The molecule has 0 radical (unpaired) electrons. The summed E-state index contributed by atoms with van der Waals surface area (Å²) >= 11 is 0. The van der Waals surface area contributed by atoms with Crippen molar-refractivity contribution in [2.75, 3.05) is 6.54 Å². The van der Waals surface area contributed by atoms with Crippen LogP contribution in [0.4, 0.5) is 0 Å². The molecule has 9 heteroatoms. The van der Waals surface area contributed by atoms with Crippen molar-refractivity contribution >= 4 is 5.91 Å². The first-order chi connectivity index (χ1) is 12.1. The summed E-state index contributed by atoms with van der Waals surface area (Å²) in [5.41, 5.74) is 0.596. The molecule has 0 unspecified atom stereocenters. The molecule has 3 aromatic rings. The number of carbonyl (C=O) groups excluding carboxylic acids is 1. The number of nitrogens with one attached hydrogen (secondary N) is 2. The van der Waals surface area contributed by atoms with Gasteiger partial charge in [0, 0.05) is 38.4 Å². The smallest absolute Gasteiger partial charge is 0.343 e. The van der Waals surface area contributed by atoms with Crippen molar-refractivity contribution in [3.8, 4) is 11.4 Å². The number of nitrogens with zero attached hydrogens (tertiary/aromatic N) is 4. The molecule has 130 valence electrons. The molecule has 0 aliphatic heterocycles. The Morgan fingerprint density at radius 3 is 2.80 bits per heavy atom. The van der Waals surface area contributed by atoms with E-state index in [-0.39, 0.29) is 18.0 Å². The van der Waals surface area contributed by atoms with E-state index >= 15 is 0 Å². The van der Waals surface area contributed by atoms with E-state index in [0.717, 1.165) is 5.56 Å². The molecule has 2 N–H and O–H groups in total. The van der Waals surface area contributed by atoms with E-state index in [4.69, 9.17) is 4.52 Å². The molecule has 0 saturated carbocycles. The number of carbonyl (C=O) groups is 1. The number of rotatable bonds is 7. The number of H-pyrrole nitrogens is 1. The lowest BCUT2D eigenvalue weighted by Gasteiger charge is -2.03. The summed E-state index contributed by atoms with van der Waals surface area (Å²) in [5, 5.41) is 12.9. The van der Waals surface area contributed by atoms with Gasteiger partial charge in [-0.15, -0.1) is 0 Å². The zero-order valence-corrected chi connectivity index (χ0v) is 13.7. The average Bonchev–Trinajstić information content (AvgIpc) is 3.23. The molecule has 0 aliphatic carbocycles. The summed E-state index contributed by atoms with van der Waals surface area (Å²) in [5.74, 6) is 1.40. The second-order valence-electron chi connectivity index (χ2n) is 5.48. The van der Waals surface area contributed by atoms with Gasteiger partial charge < -0.3 is 9.84 Å². The number of hydrogen-bond donors (Lipinski definition) is 2. The van der Waals surface area contributed by atoms with E-state index in [1.807, 2.05) is 30.3 Å². The standard InChI is InChI=1S/C16H18N6O3/c1-22-12(19-20-16(22)24)9-10-17-13(23)7-8-14-18-15(21-25-14)11-5-3-2-4-6-11/h2-6H,7-10H2,1H3,(H,17,23)(H,20,24).